The van der Waals surface area contributed by atoms with Gasteiger partial charge in [0.1, 0.15) is 6.04 Å². The van der Waals surface area contributed by atoms with Crippen LogP contribution in [0.3, 0.4) is 0 Å². The molecule has 1 aliphatic rings. The van der Waals surface area contributed by atoms with Gasteiger partial charge in [-0.2, -0.15) is 0 Å². The van der Waals surface area contributed by atoms with Gasteiger partial charge in [-0.3, -0.25) is 4.79 Å². The van der Waals surface area contributed by atoms with Crippen molar-refractivity contribution in [1.82, 2.24) is 10.6 Å². The van der Waals surface area contributed by atoms with Crippen LogP contribution >= 0.6 is 12.4 Å². The number of ether oxygens (including phenoxy) is 1. The molecule has 0 radical (unpaired) electrons. The van der Waals surface area contributed by atoms with Gasteiger partial charge in [0.15, 0.2) is 0 Å². The van der Waals surface area contributed by atoms with Gasteiger partial charge in [-0.05, 0) is 29.7 Å². The maximum atomic E-state index is 12.2. The van der Waals surface area contributed by atoms with E-state index in [1.165, 1.54) is 16.3 Å². The molecular formula is C18H23ClN2O2. The first kappa shape index (κ1) is 17.7. The summed E-state index contributed by atoms with van der Waals surface area (Å²) in [6.45, 7) is 3.96. The normalized spacial score (nSPS) is 20.7. The Labute approximate surface area is 143 Å². The van der Waals surface area contributed by atoms with Gasteiger partial charge in [0, 0.05) is 13.1 Å². The van der Waals surface area contributed by atoms with Crippen molar-refractivity contribution < 1.29 is 9.53 Å². The highest BCUT2D eigenvalue weighted by molar-refractivity contribution is 5.86. The maximum absolute atomic E-state index is 12.2. The van der Waals surface area contributed by atoms with E-state index in [-0.39, 0.29) is 30.5 Å². The van der Waals surface area contributed by atoms with Gasteiger partial charge in [0.2, 0.25) is 5.91 Å². The first-order chi connectivity index (χ1) is 10.8. The summed E-state index contributed by atoms with van der Waals surface area (Å²) in [4.78, 5) is 12.2. The second-order valence-electron chi connectivity index (χ2n) is 5.69. The largest absolute Gasteiger partial charge is 0.375 e. The van der Waals surface area contributed by atoms with Crippen LogP contribution in [-0.2, 0) is 16.0 Å². The Balaban J connectivity index is 0.00000192. The van der Waals surface area contributed by atoms with Gasteiger partial charge in [-0.1, -0.05) is 42.5 Å². The predicted molar refractivity (Wildman–Crippen MR) is 95.1 cm³/mol. The number of carbonyl (C=O) groups is 1. The van der Waals surface area contributed by atoms with E-state index in [2.05, 4.69) is 47.0 Å². The fourth-order valence-corrected chi connectivity index (χ4v) is 2.97. The molecule has 2 N–H and O–H groups in total. The molecule has 1 amide bonds. The van der Waals surface area contributed by atoms with Gasteiger partial charge < -0.3 is 15.4 Å². The molecule has 2 atom stereocenters. The van der Waals surface area contributed by atoms with Crippen LogP contribution in [0.25, 0.3) is 10.8 Å². The van der Waals surface area contributed by atoms with Crippen LogP contribution in [0.2, 0.25) is 0 Å². The number of rotatable bonds is 4. The summed E-state index contributed by atoms with van der Waals surface area (Å²) in [6.07, 6.45) is 0.751. The molecule has 0 bridgehead atoms. The van der Waals surface area contributed by atoms with Gasteiger partial charge in [0.25, 0.3) is 0 Å². The molecule has 0 aliphatic carbocycles. The lowest BCUT2D eigenvalue weighted by molar-refractivity contribution is -0.128. The van der Waals surface area contributed by atoms with Crippen molar-refractivity contribution >= 4 is 29.1 Å². The maximum Gasteiger partial charge on any atom is 0.239 e. The number of halogens is 1. The van der Waals surface area contributed by atoms with Crippen molar-refractivity contribution in [1.29, 1.82) is 0 Å². The van der Waals surface area contributed by atoms with Crippen molar-refractivity contribution in [2.24, 2.45) is 0 Å². The van der Waals surface area contributed by atoms with E-state index in [1.54, 1.807) is 0 Å². The molecule has 2 aromatic rings. The Kier molecular flexibility index (Phi) is 6.39. The topological polar surface area (TPSA) is 50.4 Å². The third-order valence-electron chi connectivity index (χ3n) is 4.17. The lowest BCUT2D eigenvalue weighted by Gasteiger charge is -2.29. The number of hydrogen-bond donors (Lipinski definition) is 2. The van der Waals surface area contributed by atoms with Crippen LogP contribution in [0.15, 0.2) is 42.5 Å². The molecule has 0 unspecified atom stereocenters. The summed E-state index contributed by atoms with van der Waals surface area (Å²) in [5.41, 5.74) is 1.26. The number of hydrogen-bond acceptors (Lipinski definition) is 3. The van der Waals surface area contributed by atoms with Crippen LogP contribution in [0.5, 0.6) is 0 Å². The molecule has 1 saturated heterocycles. The average molecular weight is 335 g/mol. The number of morpholine rings is 1. The zero-order valence-corrected chi connectivity index (χ0v) is 14.1. The van der Waals surface area contributed by atoms with E-state index in [4.69, 9.17) is 4.74 Å². The molecule has 1 heterocycles. The zero-order valence-electron chi connectivity index (χ0n) is 13.2. The molecule has 0 spiro atoms. The number of benzene rings is 2. The highest BCUT2D eigenvalue weighted by Gasteiger charge is 2.27. The molecule has 2 aromatic carbocycles. The molecule has 4 nitrogen and oxygen atoms in total. The highest BCUT2D eigenvalue weighted by atomic mass is 35.5. The number of fused-ring (bicyclic) bond motifs is 1. The highest BCUT2D eigenvalue weighted by Crippen LogP contribution is 2.18. The van der Waals surface area contributed by atoms with Crippen LogP contribution in [0, 0.1) is 0 Å². The molecule has 1 fully saturated rings. The summed E-state index contributed by atoms with van der Waals surface area (Å²) in [5, 5.41) is 8.72. The molecule has 0 saturated carbocycles. The summed E-state index contributed by atoms with van der Waals surface area (Å²) in [5.74, 6) is 0.0208. The van der Waals surface area contributed by atoms with Crippen LogP contribution in [0.4, 0.5) is 0 Å². The van der Waals surface area contributed by atoms with Crippen molar-refractivity contribution in [3.63, 3.8) is 0 Å². The van der Waals surface area contributed by atoms with E-state index in [0.717, 1.165) is 13.0 Å². The van der Waals surface area contributed by atoms with E-state index < -0.39 is 0 Å². The molecule has 124 valence electrons. The minimum absolute atomic E-state index is 0. The Morgan fingerprint density at radius 1 is 1.26 bits per heavy atom. The van der Waals surface area contributed by atoms with Gasteiger partial charge >= 0.3 is 0 Å². The third kappa shape index (κ3) is 4.22. The molecule has 5 heteroatoms. The smallest absolute Gasteiger partial charge is 0.239 e. The second kappa shape index (κ2) is 8.29. The summed E-state index contributed by atoms with van der Waals surface area (Å²) in [7, 11) is 0. The Morgan fingerprint density at radius 2 is 2.04 bits per heavy atom. The van der Waals surface area contributed by atoms with Crippen LogP contribution in [0.1, 0.15) is 12.5 Å². The van der Waals surface area contributed by atoms with Crippen molar-refractivity contribution in [2.75, 3.05) is 19.7 Å². The minimum atomic E-state index is -0.249. The lowest BCUT2D eigenvalue weighted by Crippen LogP contribution is -2.55. The molecule has 3 rings (SSSR count). The first-order valence-electron chi connectivity index (χ1n) is 7.85. The third-order valence-corrected chi connectivity index (χ3v) is 4.17. The quantitative estimate of drug-likeness (QED) is 0.902. The predicted octanol–water partition coefficient (Wildman–Crippen LogP) is 2.30. The molecule has 0 aromatic heterocycles. The minimum Gasteiger partial charge on any atom is -0.375 e. The molecular weight excluding hydrogens is 312 g/mol. The van der Waals surface area contributed by atoms with Crippen LogP contribution < -0.4 is 10.6 Å². The van der Waals surface area contributed by atoms with Gasteiger partial charge in [-0.25, -0.2) is 0 Å². The van der Waals surface area contributed by atoms with Gasteiger partial charge in [-0.15, -0.1) is 12.4 Å². The first-order valence-corrected chi connectivity index (χ1v) is 7.85. The van der Waals surface area contributed by atoms with Crippen molar-refractivity contribution in [3.8, 4) is 0 Å². The monoisotopic (exact) mass is 334 g/mol. The standard InChI is InChI=1S/C18H22N2O2.ClH/c1-13-17(19-11-12-22-13)18(21)20-10-9-15-7-4-6-14-5-2-3-8-16(14)15;/h2-8,13,17,19H,9-12H2,1H3,(H,20,21);1H/t13-,17+;/m1./s1. The number of nitrogens with one attached hydrogen (secondary N) is 2. The second-order valence-corrected chi connectivity index (χ2v) is 5.69. The number of amides is 1. The number of carbonyl (C=O) groups excluding carboxylic acids is 1. The van der Waals surface area contributed by atoms with E-state index in [1.807, 2.05) is 13.0 Å². The Hall–Kier alpha value is -1.62. The van der Waals surface area contributed by atoms with Crippen molar-refractivity contribution in [2.45, 2.75) is 25.5 Å². The zero-order chi connectivity index (χ0) is 15.4. The summed E-state index contributed by atoms with van der Waals surface area (Å²) < 4.78 is 5.51. The fraction of sp³-hybridized carbons (Fsp3) is 0.389. The van der Waals surface area contributed by atoms with Crippen molar-refractivity contribution in [3.05, 3.63) is 48.0 Å². The fourth-order valence-electron chi connectivity index (χ4n) is 2.97. The lowest BCUT2D eigenvalue weighted by atomic mass is 10.0. The molecule has 23 heavy (non-hydrogen) atoms. The Bertz CT molecular complexity index is 657. The average Bonchev–Trinajstić information content (AvgIpc) is 2.55. The summed E-state index contributed by atoms with van der Waals surface area (Å²) in [6, 6.07) is 14.4. The molecule has 1 aliphatic heterocycles. The van der Waals surface area contributed by atoms with E-state index in [0.29, 0.717) is 13.2 Å². The van der Waals surface area contributed by atoms with E-state index >= 15 is 0 Å². The van der Waals surface area contributed by atoms with E-state index in [9.17, 15) is 4.79 Å². The van der Waals surface area contributed by atoms with Gasteiger partial charge in [0.05, 0.1) is 12.7 Å². The SMILES string of the molecule is C[C@H]1OCCN[C@@H]1C(=O)NCCc1cccc2ccccc12.Cl. The Morgan fingerprint density at radius 3 is 2.87 bits per heavy atom. The summed E-state index contributed by atoms with van der Waals surface area (Å²) >= 11 is 0. The van der Waals surface area contributed by atoms with Crippen LogP contribution in [-0.4, -0.2) is 37.7 Å².